The first-order valence-corrected chi connectivity index (χ1v) is 7.39. The quantitative estimate of drug-likeness (QED) is 0.947. The van der Waals surface area contributed by atoms with Gasteiger partial charge < -0.3 is 10.1 Å². The van der Waals surface area contributed by atoms with Gasteiger partial charge in [-0.25, -0.2) is 4.39 Å². The number of hydrogen-bond donors (Lipinski definition) is 1. The van der Waals surface area contributed by atoms with E-state index in [1.54, 1.807) is 0 Å². The van der Waals surface area contributed by atoms with Crippen LogP contribution in [-0.4, -0.2) is 17.8 Å². The molecule has 0 saturated carbocycles. The van der Waals surface area contributed by atoms with Gasteiger partial charge in [-0.05, 0) is 30.7 Å². The minimum atomic E-state index is -0.897. The van der Waals surface area contributed by atoms with Crippen molar-refractivity contribution in [2.45, 2.75) is 25.5 Å². The molecule has 118 valence electrons. The third-order valence-electron chi connectivity index (χ3n) is 3.83. The van der Waals surface area contributed by atoms with Crippen molar-refractivity contribution in [2.24, 2.45) is 0 Å². The number of halogens is 1. The van der Waals surface area contributed by atoms with Crippen LogP contribution in [0, 0.1) is 5.82 Å². The van der Waals surface area contributed by atoms with Crippen LogP contribution in [0.1, 0.15) is 35.3 Å². The van der Waals surface area contributed by atoms with Crippen LogP contribution in [0.15, 0.2) is 48.5 Å². The second-order valence-corrected chi connectivity index (χ2v) is 5.52. The number of fused-ring (bicyclic) bond motifs is 1. The minimum Gasteiger partial charge on any atom is -0.479 e. The summed E-state index contributed by atoms with van der Waals surface area (Å²) in [5.74, 6) is -0.903. The molecule has 0 radical (unpaired) electrons. The molecule has 5 heteroatoms. The van der Waals surface area contributed by atoms with E-state index in [-0.39, 0.29) is 35.5 Å². The molecule has 0 bridgehead atoms. The Morgan fingerprint density at radius 1 is 1.26 bits per heavy atom. The zero-order valence-electron chi connectivity index (χ0n) is 12.6. The number of benzene rings is 2. The monoisotopic (exact) mass is 313 g/mol. The number of carbonyl (C=O) groups is 2. The zero-order chi connectivity index (χ0) is 16.4. The number of Topliss-reactive ketones (excluding diaryl/α,β-unsaturated/α-hetero) is 1. The number of rotatable bonds is 3. The van der Waals surface area contributed by atoms with E-state index in [4.69, 9.17) is 4.74 Å². The van der Waals surface area contributed by atoms with Crippen molar-refractivity contribution >= 4 is 11.7 Å². The van der Waals surface area contributed by atoms with E-state index in [1.807, 2.05) is 37.3 Å². The van der Waals surface area contributed by atoms with Gasteiger partial charge in [0.1, 0.15) is 11.6 Å². The van der Waals surface area contributed by atoms with Crippen LogP contribution < -0.4 is 10.1 Å². The summed E-state index contributed by atoms with van der Waals surface area (Å²) in [6, 6.07) is 13.0. The Morgan fingerprint density at radius 2 is 2.00 bits per heavy atom. The number of carbonyl (C=O) groups excluding carboxylic acids is 2. The standard InChI is InChI=1S/C18H16FNO3/c1-11(12-5-3-2-4-6-12)20-18(22)17-10-15(21)14-9-13(19)7-8-16(14)23-17/h2-9,11,17H,10H2,1H3,(H,20,22)/t11-,17+/m0/s1. The van der Waals surface area contributed by atoms with Gasteiger partial charge in [0.25, 0.3) is 5.91 Å². The Morgan fingerprint density at radius 3 is 2.74 bits per heavy atom. The average molecular weight is 313 g/mol. The Kier molecular flexibility index (Phi) is 4.10. The lowest BCUT2D eigenvalue weighted by Gasteiger charge is -2.26. The predicted octanol–water partition coefficient (Wildman–Crippen LogP) is 3.04. The van der Waals surface area contributed by atoms with Gasteiger partial charge in [0.2, 0.25) is 0 Å². The summed E-state index contributed by atoms with van der Waals surface area (Å²) in [6.07, 6.45) is -0.990. The fraction of sp³-hybridized carbons (Fsp3) is 0.222. The van der Waals surface area contributed by atoms with Crippen molar-refractivity contribution in [3.63, 3.8) is 0 Å². The van der Waals surface area contributed by atoms with Gasteiger partial charge >= 0.3 is 0 Å². The molecule has 2 aromatic carbocycles. The van der Waals surface area contributed by atoms with E-state index in [0.29, 0.717) is 0 Å². The molecule has 23 heavy (non-hydrogen) atoms. The van der Waals surface area contributed by atoms with Crippen LogP contribution in [0.25, 0.3) is 0 Å². The van der Waals surface area contributed by atoms with E-state index in [1.165, 1.54) is 12.1 Å². The molecule has 1 aliphatic heterocycles. The van der Waals surface area contributed by atoms with Crippen LogP contribution in [0.2, 0.25) is 0 Å². The van der Waals surface area contributed by atoms with Crippen LogP contribution in [-0.2, 0) is 4.79 Å². The maximum atomic E-state index is 13.2. The molecular weight excluding hydrogens is 297 g/mol. The SMILES string of the molecule is C[C@H](NC(=O)[C@H]1CC(=O)c2cc(F)ccc2O1)c1ccccc1. The summed E-state index contributed by atoms with van der Waals surface area (Å²) in [4.78, 5) is 24.4. The van der Waals surface area contributed by atoms with Crippen molar-refractivity contribution in [1.29, 1.82) is 0 Å². The molecule has 0 fully saturated rings. The molecule has 1 aliphatic rings. The molecule has 3 rings (SSSR count). The van der Waals surface area contributed by atoms with Gasteiger partial charge in [0.15, 0.2) is 11.9 Å². The highest BCUT2D eigenvalue weighted by Crippen LogP contribution is 2.28. The molecule has 4 nitrogen and oxygen atoms in total. The lowest BCUT2D eigenvalue weighted by Crippen LogP contribution is -2.42. The molecule has 0 unspecified atom stereocenters. The van der Waals surface area contributed by atoms with Gasteiger partial charge in [-0.1, -0.05) is 30.3 Å². The average Bonchev–Trinajstić information content (AvgIpc) is 2.56. The topological polar surface area (TPSA) is 55.4 Å². The first-order valence-electron chi connectivity index (χ1n) is 7.39. The highest BCUT2D eigenvalue weighted by molar-refractivity contribution is 6.03. The van der Waals surface area contributed by atoms with E-state index >= 15 is 0 Å². The van der Waals surface area contributed by atoms with Gasteiger partial charge in [-0.2, -0.15) is 0 Å². The summed E-state index contributed by atoms with van der Waals surface area (Å²) in [5.41, 5.74) is 1.15. The normalized spacial score (nSPS) is 17.8. The summed E-state index contributed by atoms with van der Waals surface area (Å²) < 4.78 is 18.8. The fourth-order valence-electron chi connectivity index (χ4n) is 2.57. The van der Waals surface area contributed by atoms with Crippen molar-refractivity contribution < 1.29 is 18.7 Å². The number of amides is 1. The van der Waals surface area contributed by atoms with Gasteiger partial charge in [-0.15, -0.1) is 0 Å². The van der Waals surface area contributed by atoms with Crippen LogP contribution in [0.4, 0.5) is 4.39 Å². The maximum absolute atomic E-state index is 13.2. The first kappa shape index (κ1) is 15.2. The third kappa shape index (κ3) is 3.23. The lowest BCUT2D eigenvalue weighted by atomic mass is 9.99. The number of hydrogen-bond acceptors (Lipinski definition) is 3. The van der Waals surface area contributed by atoms with Crippen molar-refractivity contribution in [3.8, 4) is 5.75 Å². The second-order valence-electron chi connectivity index (χ2n) is 5.52. The zero-order valence-corrected chi connectivity index (χ0v) is 12.6. The third-order valence-corrected chi connectivity index (χ3v) is 3.83. The van der Waals surface area contributed by atoms with Crippen LogP contribution >= 0.6 is 0 Å². The van der Waals surface area contributed by atoms with Crippen molar-refractivity contribution in [1.82, 2.24) is 5.32 Å². The maximum Gasteiger partial charge on any atom is 0.262 e. The Labute approximate surface area is 133 Å². The first-order chi connectivity index (χ1) is 11.0. The summed E-state index contributed by atoms with van der Waals surface area (Å²) in [7, 11) is 0. The molecule has 2 aromatic rings. The van der Waals surface area contributed by atoms with E-state index in [0.717, 1.165) is 11.6 Å². The summed E-state index contributed by atoms with van der Waals surface area (Å²) in [6.45, 7) is 1.86. The lowest BCUT2D eigenvalue weighted by molar-refractivity contribution is -0.128. The fourth-order valence-corrected chi connectivity index (χ4v) is 2.57. The molecule has 1 amide bonds. The summed E-state index contributed by atoms with van der Waals surface area (Å²) in [5, 5.41) is 2.84. The predicted molar refractivity (Wildman–Crippen MR) is 82.8 cm³/mol. The molecular formula is C18H16FNO3. The highest BCUT2D eigenvalue weighted by atomic mass is 19.1. The molecule has 1 heterocycles. The molecule has 2 atom stereocenters. The van der Waals surface area contributed by atoms with Crippen LogP contribution in [0.3, 0.4) is 0 Å². The molecule has 0 aliphatic carbocycles. The Bertz CT molecular complexity index is 745. The minimum absolute atomic E-state index is 0.0935. The molecule has 0 saturated heterocycles. The Hall–Kier alpha value is -2.69. The smallest absolute Gasteiger partial charge is 0.262 e. The second kappa shape index (κ2) is 6.20. The highest BCUT2D eigenvalue weighted by Gasteiger charge is 2.32. The summed E-state index contributed by atoms with van der Waals surface area (Å²) >= 11 is 0. The van der Waals surface area contributed by atoms with E-state index in [2.05, 4.69) is 5.32 Å². The number of ether oxygens (including phenoxy) is 1. The van der Waals surface area contributed by atoms with Crippen LogP contribution in [0.5, 0.6) is 5.75 Å². The van der Waals surface area contributed by atoms with Crippen molar-refractivity contribution in [3.05, 3.63) is 65.5 Å². The largest absolute Gasteiger partial charge is 0.479 e. The molecule has 0 aromatic heterocycles. The van der Waals surface area contributed by atoms with E-state index < -0.39 is 11.9 Å². The van der Waals surface area contributed by atoms with Gasteiger partial charge in [0, 0.05) is 0 Å². The number of ketones is 1. The van der Waals surface area contributed by atoms with Crippen molar-refractivity contribution in [2.75, 3.05) is 0 Å². The van der Waals surface area contributed by atoms with Gasteiger partial charge in [-0.3, -0.25) is 9.59 Å². The Balaban J connectivity index is 1.72. The molecule has 0 spiro atoms. The number of nitrogens with one attached hydrogen (secondary N) is 1. The van der Waals surface area contributed by atoms with Gasteiger partial charge in [0.05, 0.1) is 18.0 Å². The molecule has 1 N–H and O–H groups in total. The van der Waals surface area contributed by atoms with E-state index in [9.17, 15) is 14.0 Å².